The van der Waals surface area contributed by atoms with Crippen molar-refractivity contribution in [2.75, 3.05) is 0 Å². The standard InChI is InChI=1S/C18H27NO7S/c1-10(11-6-8-12(9-7-11)27(24,25)26)17(2,3)13(15(20)21)14(16(22)23)18(4,5)19/h6-10,13-14H,19H2,1-5H3,(H,20,21)(H,22,23)(H,24,25,26). The van der Waals surface area contributed by atoms with Gasteiger partial charge in [0.2, 0.25) is 0 Å². The van der Waals surface area contributed by atoms with Crippen LogP contribution in [0, 0.1) is 17.3 Å². The lowest BCUT2D eigenvalue weighted by atomic mass is 9.60. The summed E-state index contributed by atoms with van der Waals surface area (Å²) >= 11 is 0. The minimum Gasteiger partial charge on any atom is -0.481 e. The van der Waals surface area contributed by atoms with E-state index in [9.17, 15) is 28.2 Å². The first kappa shape index (κ1) is 23.1. The van der Waals surface area contributed by atoms with Gasteiger partial charge in [0.15, 0.2) is 0 Å². The molecule has 3 unspecified atom stereocenters. The molecule has 0 aliphatic heterocycles. The summed E-state index contributed by atoms with van der Waals surface area (Å²) in [6.45, 7) is 7.98. The molecule has 0 bridgehead atoms. The van der Waals surface area contributed by atoms with Gasteiger partial charge in [-0.1, -0.05) is 32.9 Å². The molecule has 1 aromatic carbocycles. The first-order valence-corrected chi connectivity index (χ1v) is 9.77. The Kier molecular flexibility index (Phi) is 6.47. The molecule has 0 aliphatic carbocycles. The fourth-order valence-corrected chi connectivity index (χ4v) is 3.89. The van der Waals surface area contributed by atoms with Crippen LogP contribution in [0.2, 0.25) is 0 Å². The van der Waals surface area contributed by atoms with Crippen molar-refractivity contribution in [3.8, 4) is 0 Å². The van der Waals surface area contributed by atoms with E-state index in [1.807, 2.05) is 0 Å². The summed E-state index contributed by atoms with van der Waals surface area (Å²) in [4.78, 5) is 23.6. The van der Waals surface area contributed by atoms with Crippen LogP contribution in [-0.4, -0.2) is 40.7 Å². The highest BCUT2D eigenvalue weighted by Gasteiger charge is 2.51. The van der Waals surface area contributed by atoms with Gasteiger partial charge in [-0.3, -0.25) is 14.1 Å². The summed E-state index contributed by atoms with van der Waals surface area (Å²) in [5, 5.41) is 19.4. The summed E-state index contributed by atoms with van der Waals surface area (Å²) in [6, 6.07) is 5.37. The van der Waals surface area contributed by atoms with Crippen LogP contribution in [0.25, 0.3) is 0 Å². The van der Waals surface area contributed by atoms with E-state index in [0.29, 0.717) is 5.56 Å². The number of hydrogen-bond acceptors (Lipinski definition) is 5. The SMILES string of the molecule is CC(c1ccc(S(=O)(=O)O)cc1)C(C)(C)C(C(=O)O)C(C(=O)O)C(C)(C)N. The third kappa shape index (κ3) is 5.06. The molecule has 27 heavy (non-hydrogen) atoms. The molecule has 8 nitrogen and oxygen atoms in total. The van der Waals surface area contributed by atoms with E-state index in [4.69, 9.17) is 10.3 Å². The molecule has 5 N–H and O–H groups in total. The van der Waals surface area contributed by atoms with Crippen molar-refractivity contribution < 1.29 is 32.8 Å². The third-order valence-electron chi connectivity index (χ3n) is 5.26. The van der Waals surface area contributed by atoms with Gasteiger partial charge in [-0.25, -0.2) is 0 Å². The van der Waals surface area contributed by atoms with Gasteiger partial charge in [-0.15, -0.1) is 0 Å². The van der Waals surface area contributed by atoms with Crippen molar-refractivity contribution >= 4 is 22.1 Å². The Balaban J connectivity index is 3.41. The summed E-state index contributed by atoms with van der Waals surface area (Å²) in [7, 11) is -4.34. The maximum atomic E-state index is 12.0. The van der Waals surface area contributed by atoms with E-state index in [1.54, 1.807) is 20.8 Å². The van der Waals surface area contributed by atoms with Crippen LogP contribution in [0.4, 0.5) is 0 Å². The third-order valence-corrected chi connectivity index (χ3v) is 6.13. The lowest BCUT2D eigenvalue weighted by Crippen LogP contribution is -2.55. The summed E-state index contributed by atoms with van der Waals surface area (Å²) < 4.78 is 31.4. The molecule has 0 heterocycles. The minimum atomic E-state index is -4.34. The second kappa shape index (κ2) is 7.57. The Morgan fingerprint density at radius 2 is 1.37 bits per heavy atom. The van der Waals surface area contributed by atoms with Gasteiger partial charge >= 0.3 is 11.9 Å². The molecule has 1 rings (SSSR count). The molecule has 0 fully saturated rings. The molecule has 0 amide bonds. The van der Waals surface area contributed by atoms with Crippen LogP contribution < -0.4 is 5.73 Å². The average molecular weight is 401 g/mol. The van der Waals surface area contributed by atoms with E-state index in [2.05, 4.69) is 0 Å². The first-order chi connectivity index (χ1) is 12.0. The lowest BCUT2D eigenvalue weighted by Gasteiger charge is -2.43. The van der Waals surface area contributed by atoms with Crippen molar-refractivity contribution in [3.05, 3.63) is 29.8 Å². The second-order valence-corrected chi connectivity index (χ2v) is 9.46. The topological polar surface area (TPSA) is 155 Å². The van der Waals surface area contributed by atoms with Crippen molar-refractivity contribution in [2.24, 2.45) is 23.0 Å². The lowest BCUT2D eigenvalue weighted by molar-refractivity contribution is -0.162. The molecule has 0 aromatic heterocycles. The van der Waals surface area contributed by atoms with Crippen molar-refractivity contribution in [1.82, 2.24) is 0 Å². The number of carboxylic acid groups (broad SMARTS) is 2. The predicted molar refractivity (Wildman–Crippen MR) is 99.0 cm³/mol. The normalized spacial score (nSPS) is 16.4. The van der Waals surface area contributed by atoms with Crippen LogP contribution in [0.5, 0.6) is 0 Å². The smallest absolute Gasteiger partial charge is 0.309 e. The molecular formula is C18H27NO7S. The number of hydrogen-bond donors (Lipinski definition) is 4. The first-order valence-electron chi connectivity index (χ1n) is 8.33. The number of aliphatic carboxylic acids is 2. The molecule has 0 saturated heterocycles. The average Bonchev–Trinajstić information content (AvgIpc) is 2.48. The summed E-state index contributed by atoms with van der Waals surface area (Å²) in [6.07, 6.45) is 0. The second-order valence-electron chi connectivity index (χ2n) is 8.04. The number of rotatable bonds is 8. The van der Waals surface area contributed by atoms with Crippen molar-refractivity contribution in [2.45, 2.75) is 51.0 Å². The van der Waals surface area contributed by atoms with Crippen molar-refractivity contribution in [3.63, 3.8) is 0 Å². The van der Waals surface area contributed by atoms with Gasteiger partial charge in [0.1, 0.15) is 0 Å². The van der Waals surface area contributed by atoms with Gasteiger partial charge in [0.25, 0.3) is 10.1 Å². The quantitative estimate of drug-likeness (QED) is 0.483. The van der Waals surface area contributed by atoms with Crippen LogP contribution in [-0.2, 0) is 19.7 Å². The molecule has 0 radical (unpaired) electrons. The zero-order valence-electron chi connectivity index (χ0n) is 16.0. The Labute approximate surface area is 159 Å². The van der Waals surface area contributed by atoms with Crippen LogP contribution in [0.1, 0.15) is 46.1 Å². The fourth-order valence-electron chi connectivity index (χ4n) is 3.41. The maximum Gasteiger partial charge on any atom is 0.309 e. The predicted octanol–water partition coefficient (Wildman–Crippen LogP) is 2.20. The number of nitrogens with two attached hydrogens (primary N) is 1. The number of carboxylic acids is 2. The number of benzene rings is 1. The molecular weight excluding hydrogens is 374 g/mol. The maximum absolute atomic E-state index is 12.0. The zero-order valence-corrected chi connectivity index (χ0v) is 16.8. The molecule has 3 atom stereocenters. The molecule has 1 aromatic rings. The zero-order chi connectivity index (χ0) is 21.4. The monoisotopic (exact) mass is 401 g/mol. The van der Waals surface area contributed by atoms with Gasteiger partial charge in [0, 0.05) is 5.54 Å². The minimum absolute atomic E-state index is 0.280. The molecule has 0 spiro atoms. The van der Waals surface area contributed by atoms with Crippen LogP contribution in [0.3, 0.4) is 0 Å². The van der Waals surface area contributed by atoms with Gasteiger partial charge in [-0.2, -0.15) is 8.42 Å². The molecule has 152 valence electrons. The Bertz CT molecular complexity index is 807. The Morgan fingerprint density at radius 1 is 0.963 bits per heavy atom. The van der Waals surface area contributed by atoms with E-state index in [1.165, 1.54) is 38.1 Å². The highest BCUT2D eigenvalue weighted by molar-refractivity contribution is 7.85. The molecule has 0 saturated carbocycles. The van der Waals surface area contributed by atoms with Gasteiger partial charge < -0.3 is 15.9 Å². The van der Waals surface area contributed by atoms with Crippen LogP contribution >= 0.6 is 0 Å². The highest BCUT2D eigenvalue weighted by atomic mass is 32.2. The number of carbonyl (C=O) groups is 2. The Hall–Kier alpha value is -1.97. The van der Waals surface area contributed by atoms with E-state index < -0.39 is 50.8 Å². The van der Waals surface area contributed by atoms with Crippen LogP contribution in [0.15, 0.2) is 29.2 Å². The van der Waals surface area contributed by atoms with E-state index in [0.717, 1.165) is 0 Å². The van der Waals surface area contributed by atoms with Crippen molar-refractivity contribution in [1.29, 1.82) is 0 Å². The highest BCUT2D eigenvalue weighted by Crippen LogP contribution is 2.47. The Morgan fingerprint density at radius 3 is 1.67 bits per heavy atom. The van der Waals surface area contributed by atoms with Gasteiger partial charge in [-0.05, 0) is 42.9 Å². The summed E-state index contributed by atoms with van der Waals surface area (Å²) in [5.74, 6) is -5.65. The molecule has 9 heteroatoms. The fraction of sp³-hybridized carbons (Fsp3) is 0.556. The van der Waals surface area contributed by atoms with Gasteiger partial charge in [0.05, 0.1) is 16.7 Å². The van der Waals surface area contributed by atoms with E-state index in [-0.39, 0.29) is 4.90 Å². The summed E-state index contributed by atoms with van der Waals surface area (Å²) in [5.41, 5.74) is 4.28. The van der Waals surface area contributed by atoms with E-state index >= 15 is 0 Å². The largest absolute Gasteiger partial charge is 0.481 e. The molecule has 0 aliphatic rings.